The first-order valence-electron chi connectivity index (χ1n) is 8.17. The second-order valence-corrected chi connectivity index (χ2v) is 6.85. The summed E-state index contributed by atoms with van der Waals surface area (Å²) in [6.07, 6.45) is 7.78. The highest BCUT2D eigenvalue weighted by Crippen LogP contribution is 2.31. The number of thiazole rings is 1. The fraction of sp³-hybridized carbons (Fsp3) is 0.812. The number of anilines is 1. The molecule has 0 spiro atoms. The van der Waals surface area contributed by atoms with Crippen LogP contribution < -0.4 is 10.2 Å². The number of ether oxygens (including phenoxy) is 1. The monoisotopic (exact) mass is 311 g/mol. The molecule has 120 valence electrons. The number of nitrogens with zero attached hydrogens (tertiary/aromatic N) is 2. The molecule has 0 aromatic carbocycles. The van der Waals surface area contributed by atoms with Crippen LogP contribution in [-0.4, -0.2) is 38.3 Å². The van der Waals surface area contributed by atoms with E-state index in [2.05, 4.69) is 24.2 Å². The Morgan fingerprint density at radius 1 is 1.33 bits per heavy atom. The minimum absolute atomic E-state index is 0.684. The average molecular weight is 311 g/mol. The van der Waals surface area contributed by atoms with E-state index < -0.39 is 0 Å². The van der Waals surface area contributed by atoms with Gasteiger partial charge in [0, 0.05) is 38.2 Å². The topological polar surface area (TPSA) is 37.4 Å². The summed E-state index contributed by atoms with van der Waals surface area (Å²) in [6.45, 7) is 4.75. The minimum Gasteiger partial charge on any atom is -0.383 e. The lowest BCUT2D eigenvalue weighted by Gasteiger charge is -2.30. The summed E-state index contributed by atoms with van der Waals surface area (Å²) >= 11 is 1.86. The maximum atomic E-state index is 5.08. The first-order valence-corrected chi connectivity index (χ1v) is 8.99. The molecule has 0 saturated heterocycles. The Bertz CT molecular complexity index is 416. The predicted octanol–water partition coefficient (Wildman–Crippen LogP) is 3.21. The first-order chi connectivity index (χ1) is 10.3. The number of hydrogen-bond donors (Lipinski definition) is 1. The van der Waals surface area contributed by atoms with Gasteiger partial charge < -0.3 is 15.0 Å². The lowest BCUT2D eigenvalue weighted by molar-refractivity contribution is 0.199. The molecule has 5 heteroatoms. The fourth-order valence-corrected chi connectivity index (χ4v) is 4.09. The summed E-state index contributed by atoms with van der Waals surface area (Å²) in [7, 11) is 3.96. The molecule has 0 amide bonds. The van der Waals surface area contributed by atoms with Crippen LogP contribution in [-0.2, 0) is 17.7 Å². The minimum atomic E-state index is 0.684. The zero-order chi connectivity index (χ0) is 15.1. The fourth-order valence-electron chi connectivity index (χ4n) is 2.94. The summed E-state index contributed by atoms with van der Waals surface area (Å²) in [5.74, 6) is 0. The summed E-state index contributed by atoms with van der Waals surface area (Å²) in [4.78, 5) is 8.67. The Balaban J connectivity index is 1.97. The van der Waals surface area contributed by atoms with Gasteiger partial charge in [-0.3, -0.25) is 0 Å². The molecule has 1 saturated carbocycles. The van der Waals surface area contributed by atoms with Gasteiger partial charge in [0.05, 0.1) is 12.3 Å². The van der Waals surface area contributed by atoms with Crippen molar-refractivity contribution in [3.05, 3.63) is 10.6 Å². The first kappa shape index (κ1) is 16.7. The lowest BCUT2D eigenvalue weighted by atomic mass is 9.95. The van der Waals surface area contributed by atoms with E-state index in [9.17, 15) is 0 Å². The van der Waals surface area contributed by atoms with Gasteiger partial charge >= 0.3 is 0 Å². The molecule has 2 rings (SSSR count). The molecule has 4 nitrogen and oxygen atoms in total. The normalized spacial score (nSPS) is 16.3. The van der Waals surface area contributed by atoms with Crippen LogP contribution in [0, 0.1) is 0 Å². The highest BCUT2D eigenvalue weighted by Gasteiger charge is 2.21. The van der Waals surface area contributed by atoms with Crippen molar-refractivity contribution in [1.29, 1.82) is 0 Å². The van der Waals surface area contributed by atoms with Crippen LogP contribution in [0.4, 0.5) is 5.13 Å². The van der Waals surface area contributed by atoms with Crippen LogP contribution in [0.2, 0.25) is 0 Å². The maximum Gasteiger partial charge on any atom is 0.185 e. The van der Waals surface area contributed by atoms with Gasteiger partial charge in [-0.2, -0.15) is 0 Å². The molecule has 1 aromatic rings. The predicted molar refractivity (Wildman–Crippen MR) is 90.4 cm³/mol. The summed E-state index contributed by atoms with van der Waals surface area (Å²) < 4.78 is 5.08. The van der Waals surface area contributed by atoms with E-state index in [1.165, 1.54) is 47.8 Å². The Labute approximate surface area is 132 Å². The molecule has 0 atom stereocenters. The molecule has 1 N–H and O–H groups in total. The average Bonchev–Trinajstić information content (AvgIpc) is 2.95. The van der Waals surface area contributed by atoms with Crippen LogP contribution in [0.1, 0.15) is 49.6 Å². The lowest BCUT2D eigenvalue weighted by Crippen LogP contribution is -2.33. The van der Waals surface area contributed by atoms with Crippen molar-refractivity contribution < 1.29 is 4.74 Å². The molecular weight excluding hydrogens is 282 g/mol. The second-order valence-electron chi connectivity index (χ2n) is 5.79. The number of methoxy groups -OCH3 is 1. The second kappa shape index (κ2) is 8.71. The third-order valence-electron chi connectivity index (χ3n) is 4.29. The number of nitrogens with one attached hydrogen (secondary N) is 1. The van der Waals surface area contributed by atoms with Gasteiger partial charge in [-0.1, -0.05) is 26.2 Å². The van der Waals surface area contributed by atoms with Gasteiger partial charge in [0.25, 0.3) is 0 Å². The molecule has 1 heterocycles. The largest absolute Gasteiger partial charge is 0.383 e. The number of aryl methyl sites for hydroxylation is 1. The van der Waals surface area contributed by atoms with Gasteiger partial charge in [0.2, 0.25) is 0 Å². The Hall–Kier alpha value is -0.650. The van der Waals surface area contributed by atoms with Gasteiger partial charge in [0.15, 0.2) is 5.13 Å². The van der Waals surface area contributed by atoms with Crippen LogP contribution >= 0.6 is 11.3 Å². The molecule has 1 aliphatic rings. The third-order valence-corrected chi connectivity index (χ3v) is 5.48. The van der Waals surface area contributed by atoms with E-state index in [-0.39, 0.29) is 0 Å². The van der Waals surface area contributed by atoms with Crippen molar-refractivity contribution in [3.8, 4) is 0 Å². The summed E-state index contributed by atoms with van der Waals surface area (Å²) in [6, 6.07) is 0.684. The van der Waals surface area contributed by atoms with E-state index in [4.69, 9.17) is 9.72 Å². The van der Waals surface area contributed by atoms with E-state index in [1.54, 1.807) is 7.11 Å². The van der Waals surface area contributed by atoms with Crippen LogP contribution in [0.15, 0.2) is 0 Å². The molecule has 0 radical (unpaired) electrons. The van der Waals surface area contributed by atoms with Gasteiger partial charge in [-0.25, -0.2) is 4.98 Å². The van der Waals surface area contributed by atoms with E-state index in [0.717, 1.165) is 26.1 Å². The smallest absolute Gasteiger partial charge is 0.185 e. The Morgan fingerprint density at radius 2 is 2.10 bits per heavy atom. The van der Waals surface area contributed by atoms with E-state index in [0.29, 0.717) is 6.04 Å². The third kappa shape index (κ3) is 4.66. The van der Waals surface area contributed by atoms with Crippen molar-refractivity contribution in [2.45, 2.75) is 58.0 Å². The maximum absolute atomic E-state index is 5.08. The zero-order valence-electron chi connectivity index (χ0n) is 13.7. The zero-order valence-corrected chi connectivity index (χ0v) is 14.5. The summed E-state index contributed by atoms with van der Waals surface area (Å²) in [5.41, 5.74) is 1.25. The van der Waals surface area contributed by atoms with Crippen molar-refractivity contribution in [1.82, 2.24) is 10.3 Å². The molecule has 1 aromatic heterocycles. The van der Waals surface area contributed by atoms with Crippen molar-refractivity contribution in [2.24, 2.45) is 0 Å². The molecular formula is C16H29N3OS. The van der Waals surface area contributed by atoms with Crippen molar-refractivity contribution in [2.75, 3.05) is 32.2 Å². The standard InChI is InChI=1S/C16H29N3OS/c1-4-14-15(12-17-10-11-20-3)21-16(18-14)19(2)13-8-6-5-7-9-13/h13,17H,4-12H2,1-3H3. The number of aromatic nitrogens is 1. The van der Waals surface area contributed by atoms with Crippen molar-refractivity contribution >= 4 is 16.5 Å². The van der Waals surface area contributed by atoms with Crippen LogP contribution in [0.5, 0.6) is 0 Å². The molecule has 0 unspecified atom stereocenters. The van der Waals surface area contributed by atoms with Crippen molar-refractivity contribution in [3.63, 3.8) is 0 Å². The van der Waals surface area contributed by atoms with E-state index >= 15 is 0 Å². The number of hydrogen-bond acceptors (Lipinski definition) is 5. The Kier molecular flexibility index (Phi) is 6.93. The molecule has 21 heavy (non-hydrogen) atoms. The van der Waals surface area contributed by atoms with Crippen LogP contribution in [0.25, 0.3) is 0 Å². The molecule has 0 bridgehead atoms. The van der Waals surface area contributed by atoms with Crippen LogP contribution in [0.3, 0.4) is 0 Å². The number of rotatable bonds is 8. The van der Waals surface area contributed by atoms with Gasteiger partial charge in [0.1, 0.15) is 0 Å². The highest BCUT2D eigenvalue weighted by molar-refractivity contribution is 7.15. The molecule has 1 fully saturated rings. The Morgan fingerprint density at radius 3 is 2.76 bits per heavy atom. The summed E-state index contributed by atoms with van der Waals surface area (Å²) in [5, 5.41) is 4.63. The van der Waals surface area contributed by atoms with Gasteiger partial charge in [-0.05, 0) is 19.3 Å². The van der Waals surface area contributed by atoms with E-state index in [1.807, 2.05) is 11.3 Å². The quantitative estimate of drug-likeness (QED) is 0.748. The highest BCUT2D eigenvalue weighted by atomic mass is 32.1. The molecule has 1 aliphatic carbocycles. The SMILES string of the molecule is CCc1nc(N(C)C2CCCCC2)sc1CNCCOC. The molecule has 0 aliphatic heterocycles. The van der Waals surface area contributed by atoms with Gasteiger partial charge in [-0.15, -0.1) is 11.3 Å².